The van der Waals surface area contributed by atoms with Crippen molar-refractivity contribution in [2.24, 2.45) is 0 Å². The van der Waals surface area contributed by atoms with Gasteiger partial charge in [-0.05, 0) is 17.9 Å². The number of rotatable bonds is 7. The summed E-state index contributed by atoms with van der Waals surface area (Å²) in [6.07, 6.45) is 1.99. The Morgan fingerprint density at radius 1 is 1.50 bits per heavy atom. The molecule has 0 aliphatic rings. The predicted molar refractivity (Wildman–Crippen MR) is 87.1 cm³/mol. The highest BCUT2D eigenvalue weighted by atomic mass is 32.2. The van der Waals surface area contributed by atoms with Crippen LogP contribution in [0.15, 0.2) is 38.1 Å². The van der Waals surface area contributed by atoms with Gasteiger partial charge in [-0.1, -0.05) is 36.3 Å². The summed E-state index contributed by atoms with van der Waals surface area (Å²) >= 11 is 3.10. The first kappa shape index (κ1) is 15.1. The van der Waals surface area contributed by atoms with Crippen molar-refractivity contribution in [2.75, 3.05) is 0 Å². The van der Waals surface area contributed by atoms with Gasteiger partial charge >= 0.3 is 5.69 Å². The Bertz CT molecular complexity index is 773. The zero-order chi connectivity index (χ0) is 15.4. The summed E-state index contributed by atoms with van der Waals surface area (Å²) in [5.41, 5.74) is 0.682. The molecule has 6 nitrogen and oxygen atoms in total. The first-order chi connectivity index (χ1) is 10.8. The van der Waals surface area contributed by atoms with Crippen molar-refractivity contribution < 1.29 is 4.52 Å². The second-order valence-electron chi connectivity index (χ2n) is 4.77. The molecule has 0 saturated heterocycles. The number of aromatic nitrogens is 4. The molecule has 0 aliphatic carbocycles. The fourth-order valence-corrected chi connectivity index (χ4v) is 3.51. The van der Waals surface area contributed by atoms with E-state index in [2.05, 4.69) is 22.3 Å². The third kappa shape index (κ3) is 3.33. The van der Waals surface area contributed by atoms with Crippen LogP contribution in [0.1, 0.15) is 25.5 Å². The summed E-state index contributed by atoms with van der Waals surface area (Å²) in [5.74, 6) is 1.39. The summed E-state index contributed by atoms with van der Waals surface area (Å²) in [6.45, 7) is 2.78. The SMILES string of the molecule is CCCCn1c(SCc2cc(-c3cccs3)on2)n[nH]c1=O. The van der Waals surface area contributed by atoms with Gasteiger partial charge < -0.3 is 4.52 Å². The van der Waals surface area contributed by atoms with Gasteiger partial charge in [0, 0.05) is 18.4 Å². The van der Waals surface area contributed by atoms with Crippen molar-refractivity contribution in [1.29, 1.82) is 0 Å². The monoisotopic (exact) mass is 336 g/mol. The molecule has 0 saturated carbocycles. The van der Waals surface area contributed by atoms with Gasteiger partial charge in [-0.15, -0.1) is 16.4 Å². The van der Waals surface area contributed by atoms with Crippen LogP contribution in [-0.2, 0) is 12.3 Å². The summed E-state index contributed by atoms with van der Waals surface area (Å²) in [5, 5.41) is 13.3. The smallest absolute Gasteiger partial charge is 0.343 e. The molecular formula is C14H16N4O2S2. The lowest BCUT2D eigenvalue weighted by Gasteiger charge is -2.02. The first-order valence-corrected chi connectivity index (χ1v) is 8.92. The lowest BCUT2D eigenvalue weighted by molar-refractivity contribution is 0.427. The van der Waals surface area contributed by atoms with E-state index in [1.165, 1.54) is 11.8 Å². The molecular weight excluding hydrogens is 320 g/mol. The minimum Gasteiger partial charge on any atom is -0.355 e. The van der Waals surface area contributed by atoms with Gasteiger partial charge in [0.15, 0.2) is 10.9 Å². The maximum Gasteiger partial charge on any atom is 0.343 e. The molecule has 0 aliphatic heterocycles. The van der Waals surface area contributed by atoms with Crippen molar-refractivity contribution in [2.45, 2.75) is 37.2 Å². The van der Waals surface area contributed by atoms with Gasteiger partial charge in [-0.3, -0.25) is 4.57 Å². The van der Waals surface area contributed by atoms with E-state index in [-0.39, 0.29) is 5.69 Å². The third-order valence-corrected chi connectivity index (χ3v) is 5.03. The molecule has 8 heteroatoms. The number of H-pyrrole nitrogens is 1. The molecule has 0 radical (unpaired) electrons. The van der Waals surface area contributed by atoms with E-state index in [4.69, 9.17) is 4.52 Å². The van der Waals surface area contributed by atoms with Crippen LogP contribution in [0.4, 0.5) is 0 Å². The molecule has 1 N–H and O–H groups in total. The Morgan fingerprint density at radius 2 is 2.41 bits per heavy atom. The van der Waals surface area contributed by atoms with E-state index < -0.39 is 0 Å². The van der Waals surface area contributed by atoms with Crippen LogP contribution in [0.2, 0.25) is 0 Å². The zero-order valence-corrected chi connectivity index (χ0v) is 13.7. The average Bonchev–Trinajstić information content (AvgIpc) is 3.24. The largest absolute Gasteiger partial charge is 0.355 e. The molecule has 0 unspecified atom stereocenters. The van der Waals surface area contributed by atoms with Crippen molar-refractivity contribution >= 4 is 23.1 Å². The number of unbranched alkanes of at least 4 members (excludes halogenated alkanes) is 1. The van der Waals surface area contributed by atoms with E-state index >= 15 is 0 Å². The van der Waals surface area contributed by atoms with E-state index in [0.717, 1.165) is 29.2 Å². The Kier molecular flexibility index (Phi) is 4.79. The fraction of sp³-hybridized carbons (Fsp3) is 0.357. The molecule has 0 amide bonds. The Labute approximate surface area is 135 Å². The molecule has 3 aromatic heterocycles. The van der Waals surface area contributed by atoms with Gasteiger partial charge in [0.25, 0.3) is 0 Å². The highest BCUT2D eigenvalue weighted by molar-refractivity contribution is 7.98. The van der Waals surface area contributed by atoms with Gasteiger partial charge in [-0.25, -0.2) is 9.89 Å². The number of aromatic amines is 1. The summed E-state index contributed by atoms with van der Waals surface area (Å²) in [4.78, 5) is 12.8. The fourth-order valence-electron chi connectivity index (χ4n) is 1.98. The van der Waals surface area contributed by atoms with Crippen LogP contribution in [0.25, 0.3) is 10.6 Å². The molecule has 0 spiro atoms. The molecule has 3 aromatic rings. The second-order valence-corrected chi connectivity index (χ2v) is 6.66. The molecule has 0 aromatic carbocycles. The summed E-state index contributed by atoms with van der Waals surface area (Å²) in [7, 11) is 0. The van der Waals surface area contributed by atoms with Crippen molar-refractivity contribution in [1.82, 2.24) is 19.9 Å². The van der Waals surface area contributed by atoms with E-state index in [1.54, 1.807) is 15.9 Å². The highest BCUT2D eigenvalue weighted by Gasteiger charge is 2.12. The zero-order valence-electron chi connectivity index (χ0n) is 12.1. The molecule has 3 heterocycles. The lowest BCUT2D eigenvalue weighted by Crippen LogP contribution is -2.17. The number of hydrogen-bond acceptors (Lipinski definition) is 6. The Morgan fingerprint density at radius 3 is 3.18 bits per heavy atom. The van der Waals surface area contributed by atoms with E-state index in [0.29, 0.717) is 17.5 Å². The standard InChI is InChI=1S/C14H16N4O2S2/c1-2-3-6-18-13(19)15-16-14(18)22-9-10-8-11(20-17-10)12-5-4-7-21-12/h4-5,7-8H,2-3,6,9H2,1H3,(H,15,19). The normalized spacial score (nSPS) is 11.1. The number of nitrogens with zero attached hydrogens (tertiary/aromatic N) is 3. The quantitative estimate of drug-likeness (QED) is 0.669. The molecule has 0 bridgehead atoms. The highest BCUT2D eigenvalue weighted by Crippen LogP contribution is 2.27. The minimum absolute atomic E-state index is 0.157. The van der Waals surface area contributed by atoms with Crippen LogP contribution >= 0.6 is 23.1 Å². The van der Waals surface area contributed by atoms with Crippen LogP contribution in [0, 0.1) is 0 Å². The summed E-state index contributed by atoms with van der Waals surface area (Å²) in [6, 6.07) is 5.91. The number of thiophene rings is 1. The van der Waals surface area contributed by atoms with Crippen LogP contribution in [-0.4, -0.2) is 19.9 Å². The maximum absolute atomic E-state index is 11.7. The van der Waals surface area contributed by atoms with Crippen LogP contribution < -0.4 is 5.69 Å². The van der Waals surface area contributed by atoms with Gasteiger partial charge in [0.2, 0.25) is 0 Å². The number of thioether (sulfide) groups is 1. The first-order valence-electron chi connectivity index (χ1n) is 7.05. The van der Waals surface area contributed by atoms with Crippen LogP contribution in [0.3, 0.4) is 0 Å². The maximum atomic E-state index is 11.7. The van der Waals surface area contributed by atoms with Crippen molar-refractivity contribution in [3.8, 4) is 10.6 Å². The van der Waals surface area contributed by atoms with E-state index in [9.17, 15) is 4.79 Å². The lowest BCUT2D eigenvalue weighted by atomic mass is 10.3. The van der Waals surface area contributed by atoms with Crippen molar-refractivity contribution in [3.05, 3.63) is 39.8 Å². The predicted octanol–water partition coefficient (Wildman–Crippen LogP) is 3.38. The van der Waals surface area contributed by atoms with Gasteiger partial charge in [0.1, 0.15) is 0 Å². The van der Waals surface area contributed by atoms with Gasteiger partial charge in [-0.2, -0.15) is 0 Å². The minimum atomic E-state index is -0.157. The van der Waals surface area contributed by atoms with Crippen molar-refractivity contribution in [3.63, 3.8) is 0 Å². The average molecular weight is 336 g/mol. The Hall–Kier alpha value is -1.80. The number of nitrogens with one attached hydrogen (secondary N) is 1. The topological polar surface area (TPSA) is 76.7 Å². The molecule has 0 fully saturated rings. The molecule has 0 atom stereocenters. The second kappa shape index (κ2) is 6.97. The number of hydrogen-bond donors (Lipinski definition) is 1. The molecule has 3 rings (SSSR count). The molecule has 116 valence electrons. The summed E-state index contributed by atoms with van der Waals surface area (Å²) < 4.78 is 7.02. The van der Waals surface area contributed by atoms with Crippen LogP contribution in [0.5, 0.6) is 0 Å². The molecule has 22 heavy (non-hydrogen) atoms. The Balaban J connectivity index is 1.67. The third-order valence-electron chi connectivity index (χ3n) is 3.13. The van der Waals surface area contributed by atoms with Gasteiger partial charge in [0.05, 0.1) is 10.6 Å². The van der Waals surface area contributed by atoms with E-state index in [1.807, 2.05) is 23.6 Å².